The Balaban J connectivity index is 1.81. The Morgan fingerprint density at radius 2 is 2.04 bits per heavy atom. The van der Waals surface area contributed by atoms with Crippen LogP contribution in [-0.2, 0) is 10.0 Å². The van der Waals surface area contributed by atoms with Gasteiger partial charge in [0.25, 0.3) is 0 Å². The van der Waals surface area contributed by atoms with Crippen LogP contribution in [0, 0.1) is 0 Å². The maximum atomic E-state index is 11.5. The Morgan fingerprint density at radius 1 is 1.26 bits per heavy atom. The number of hydrogen-bond donors (Lipinski definition) is 2. The molecule has 2 aromatic heterocycles. The summed E-state index contributed by atoms with van der Waals surface area (Å²) < 4.78 is 28.0. The molecule has 0 radical (unpaired) electrons. The van der Waals surface area contributed by atoms with Gasteiger partial charge in [-0.25, -0.2) is 18.1 Å². The maximum Gasteiger partial charge on any atom is 0.211 e. The third kappa shape index (κ3) is 4.78. The van der Waals surface area contributed by atoms with Crippen molar-refractivity contribution >= 4 is 49.0 Å². The molecule has 7 nitrogen and oxygen atoms in total. The second kappa shape index (κ2) is 8.55. The lowest BCUT2D eigenvalue weighted by Gasteiger charge is -2.12. The zero-order chi connectivity index (χ0) is 19.4. The van der Waals surface area contributed by atoms with Crippen molar-refractivity contribution in [3.05, 3.63) is 46.0 Å². The smallest absolute Gasteiger partial charge is 0.211 e. The molecule has 3 aromatic rings. The van der Waals surface area contributed by atoms with E-state index >= 15 is 0 Å². The monoisotopic (exact) mass is 471 g/mol. The summed E-state index contributed by atoms with van der Waals surface area (Å²) in [6, 6.07) is 9.39. The average Bonchev–Trinajstić information content (AvgIpc) is 3.03. The summed E-state index contributed by atoms with van der Waals surface area (Å²) >= 11 is 9.78. The quantitative estimate of drug-likeness (QED) is 0.490. The third-order valence-electron chi connectivity index (χ3n) is 3.94. The van der Waals surface area contributed by atoms with E-state index in [4.69, 9.17) is 11.6 Å². The number of nitrogens with one attached hydrogen (secondary N) is 2. The molecule has 0 saturated heterocycles. The maximum absolute atomic E-state index is 11.5. The van der Waals surface area contributed by atoms with Gasteiger partial charge in [-0.15, -0.1) is 0 Å². The van der Waals surface area contributed by atoms with Crippen LogP contribution in [0.5, 0.6) is 0 Å². The average molecular weight is 473 g/mol. The second-order valence-electron chi connectivity index (χ2n) is 5.81. The molecular weight excluding hydrogens is 454 g/mol. The molecule has 144 valence electrons. The summed E-state index contributed by atoms with van der Waals surface area (Å²) in [7, 11) is -3.17. The van der Waals surface area contributed by atoms with Crippen LogP contribution < -0.4 is 10.0 Å². The minimum absolute atomic E-state index is 0.0773. The van der Waals surface area contributed by atoms with Gasteiger partial charge in [0.1, 0.15) is 5.82 Å². The molecule has 2 N–H and O–H groups in total. The van der Waals surface area contributed by atoms with E-state index in [1.165, 1.54) is 0 Å². The van der Waals surface area contributed by atoms with Gasteiger partial charge in [0.15, 0.2) is 5.65 Å². The molecule has 10 heteroatoms. The van der Waals surface area contributed by atoms with Crippen LogP contribution in [-0.4, -0.2) is 41.9 Å². The first-order valence-corrected chi connectivity index (χ1v) is 11.2. The van der Waals surface area contributed by atoms with Crippen molar-refractivity contribution in [3.8, 4) is 11.3 Å². The Bertz CT molecular complexity index is 1050. The predicted molar refractivity (Wildman–Crippen MR) is 112 cm³/mol. The van der Waals surface area contributed by atoms with Gasteiger partial charge < -0.3 is 5.32 Å². The van der Waals surface area contributed by atoms with Crippen molar-refractivity contribution in [2.45, 2.75) is 13.3 Å². The number of aromatic nitrogens is 3. The lowest BCUT2D eigenvalue weighted by molar-refractivity contribution is 0.581. The number of halogens is 2. The van der Waals surface area contributed by atoms with Gasteiger partial charge in [0, 0.05) is 29.7 Å². The highest BCUT2D eigenvalue weighted by molar-refractivity contribution is 9.10. The van der Waals surface area contributed by atoms with Crippen LogP contribution in [0.3, 0.4) is 0 Å². The van der Waals surface area contributed by atoms with E-state index < -0.39 is 10.0 Å². The highest BCUT2D eigenvalue weighted by Gasteiger charge is 2.13. The fourth-order valence-corrected chi connectivity index (χ4v) is 3.74. The molecule has 0 saturated carbocycles. The van der Waals surface area contributed by atoms with Crippen molar-refractivity contribution in [2.75, 3.05) is 24.2 Å². The van der Waals surface area contributed by atoms with Crippen molar-refractivity contribution in [1.29, 1.82) is 0 Å². The van der Waals surface area contributed by atoms with E-state index in [9.17, 15) is 8.42 Å². The summed E-state index contributed by atoms with van der Waals surface area (Å²) in [5.41, 5.74) is 2.22. The van der Waals surface area contributed by atoms with Gasteiger partial charge in [0.2, 0.25) is 10.0 Å². The first-order chi connectivity index (χ1) is 12.9. The lowest BCUT2D eigenvalue weighted by Crippen LogP contribution is -2.27. The largest absolute Gasteiger partial charge is 0.370 e. The van der Waals surface area contributed by atoms with E-state index in [-0.39, 0.29) is 5.75 Å². The molecule has 0 aliphatic heterocycles. The number of fused-ring (bicyclic) bond motifs is 1. The number of rotatable bonds is 8. The molecular formula is C17H19BrClN5O2S. The van der Waals surface area contributed by atoms with E-state index in [1.807, 2.05) is 30.3 Å². The van der Waals surface area contributed by atoms with Gasteiger partial charge in [-0.05, 0) is 35.3 Å². The molecule has 3 rings (SSSR count). The molecule has 2 heterocycles. The topological polar surface area (TPSA) is 88.4 Å². The zero-order valence-electron chi connectivity index (χ0n) is 14.6. The fraction of sp³-hybridized carbons (Fsp3) is 0.294. The zero-order valence-corrected chi connectivity index (χ0v) is 17.8. The number of anilines is 1. The molecule has 0 bridgehead atoms. The number of hydrogen-bond acceptors (Lipinski definition) is 5. The summed E-state index contributed by atoms with van der Waals surface area (Å²) in [6.07, 6.45) is 2.31. The van der Waals surface area contributed by atoms with Gasteiger partial charge in [-0.2, -0.15) is 9.61 Å². The molecule has 0 fully saturated rings. The molecule has 0 amide bonds. The van der Waals surface area contributed by atoms with Gasteiger partial charge in [0.05, 0.1) is 22.1 Å². The van der Waals surface area contributed by atoms with Crippen LogP contribution >= 0.6 is 27.5 Å². The Labute approximate surface area is 171 Å². The molecule has 0 atom stereocenters. The van der Waals surface area contributed by atoms with Gasteiger partial charge >= 0.3 is 0 Å². The van der Waals surface area contributed by atoms with Gasteiger partial charge in [-0.3, -0.25) is 0 Å². The standard InChI is InChI=1S/C17H19BrClN5O2S/c1-2-27(25,26)22-9-5-8-20-16-10-15(12-6-3-4-7-14(12)19)23-17-13(18)11-21-24(16)17/h3-4,6-7,10-11,20,22H,2,5,8-9H2,1H3. The first kappa shape index (κ1) is 20.1. The summed E-state index contributed by atoms with van der Waals surface area (Å²) in [4.78, 5) is 4.65. The predicted octanol–water partition coefficient (Wildman–Crippen LogP) is 3.55. The van der Waals surface area contributed by atoms with Crippen LogP contribution in [0.1, 0.15) is 13.3 Å². The van der Waals surface area contributed by atoms with Crippen molar-refractivity contribution in [1.82, 2.24) is 19.3 Å². The number of nitrogens with zero attached hydrogens (tertiary/aromatic N) is 3. The van der Waals surface area contributed by atoms with Crippen LogP contribution in [0.15, 0.2) is 41.0 Å². The van der Waals surface area contributed by atoms with E-state index in [0.29, 0.717) is 30.2 Å². The molecule has 0 aliphatic rings. The summed E-state index contributed by atoms with van der Waals surface area (Å²) in [5.74, 6) is 0.826. The molecule has 1 aromatic carbocycles. The van der Waals surface area contributed by atoms with E-state index in [1.54, 1.807) is 17.6 Å². The highest BCUT2D eigenvalue weighted by atomic mass is 79.9. The number of sulfonamides is 1. The normalized spacial score (nSPS) is 11.8. The highest BCUT2D eigenvalue weighted by Crippen LogP contribution is 2.30. The van der Waals surface area contributed by atoms with Crippen LogP contribution in [0.4, 0.5) is 5.82 Å². The van der Waals surface area contributed by atoms with Crippen molar-refractivity contribution in [3.63, 3.8) is 0 Å². The van der Waals surface area contributed by atoms with Crippen LogP contribution in [0.2, 0.25) is 5.02 Å². The molecule has 0 spiro atoms. The minimum atomic E-state index is -3.17. The van der Waals surface area contributed by atoms with Gasteiger partial charge in [-0.1, -0.05) is 29.8 Å². The summed E-state index contributed by atoms with van der Waals surface area (Å²) in [6.45, 7) is 2.56. The van der Waals surface area contributed by atoms with E-state index in [2.05, 4.69) is 36.1 Å². The molecule has 0 unspecified atom stereocenters. The SMILES string of the molecule is CCS(=O)(=O)NCCCNc1cc(-c2ccccc2Cl)nc2c(Br)cnn12. The molecule has 0 aliphatic carbocycles. The number of benzene rings is 1. The minimum Gasteiger partial charge on any atom is -0.370 e. The van der Waals surface area contributed by atoms with Crippen LogP contribution in [0.25, 0.3) is 16.9 Å². The lowest BCUT2D eigenvalue weighted by atomic mass is 10.1. The Kier molecular flexibility index (Phi) is 6.36. The first-order valence-electron chi connectivity index (χ1n) is 8.41. The van der Waals surface area contributed by atoms with E-state index in [0.717, 1.165) is 21.5 Å². The summed E-state index contributed by atoms with van der Waals surface area (Å²) in [5, 5.41) is 8.24. The Morgan fingerprint density at radius 3 is 2.78 bits per heavy atom. The van der Waals surface area contributed by atoms with Crippen molar-refractivity contribution < 1.29 is 8.42 Å². The van der Waals surface area contributed by atoms with Crippen molar-refractivity contribution in [2.24, 2.45) is 0 Å². The second-order valence-corrected chi connectivity index (χ2v) is 9.17. The Hall–Kier alpha value is -1.68. The fourth-order valence-electron chi connectivity index (χ4n) is 2.50. The third-order valence-corrected chi connectivity index (χ3v) is 6.23. The molecule has 27 heavy (non-hydrogen) atoms.